The van der Waals surface area contributed by atoms with Crippen molar-refractivity contribution in [3.8, 4) is 0 Å². The molecule has 0 radical (unpaired) electrons. The molecular formula is C17H34O3. The topological polar surface area (TPSA) is 38.7 Å². The van der Waals surface area contributed by atoms with Gasteiger partial charge in [-0.1, -0.05) is 40.5 Å². The highest BCUT2D eigenvalue weighted by Gasteiger charge is 2.37. The number of rotatable bonds is 10. The van der Waals surface area contributed by atoms with E-state index < -0.39 is 0 Å². The summed E-state index contributed by atoms with van der Waals surface area (Å²) in [4.78, 5) is 0. The molecule has 1 heterocycles. The van der Waals surface area contributed by atoms with Crippen molar-refractivity contribution in [3.05, 3.63) is 0 Å². The molecular weight excluding hydrogens is 252 g/mol. The van der Waals surface area contributed by atoms with E-state index in [9.17, 15) is 5.11 Å². The monoisotopic (exact) mass is 286 g/mol. The molecule has 1 aliphatic rings. The molecule has 0 aromatic heterocycles. The third-order valence-electron chi connectivity index (χ3n) is 4.60. The van der Waals surface area contributed by atoms with E-state index in [1.807, 2.05) is 0 Å². The van der Waals surface area contributed by atoms with E-state index in [1.165, 1.54) is 19.3 Å². The SMILES string of the molecule is CCCCCC1(CC[C@H](C(C)C)[C@H](O)CC)OCCO1. The van der Waals surface area contributed by atoms with Crippen LogP contribution in [0, 0.1) is 11.8 Å². The van der Waals surface area contributed by atoms with Gasteiger partial charge in [0.1, 0.15) is 0 Å². The Kier molecular flexibility index (Phi) is 8.08. The van der Waals surface area contributed by atoms with Gasteiger partial charge >= 0.3 is 0 Å². The summed E-state index contributed by atoms with van der Waals surface area (Å²) < 4.78 is 11.9. The molecule has 0 bridgehead atoms. The fraction of sp³-hybridized carbons (Fsp3) is 1.00. The molecule has 0 aliphatic carbocycles. The first-order chi connectivity index (χ1) is 9.54. The van der Waals surface area contributed by atoms with Crippen LogP contribution in [0.25, 0.3) is 0 Å². The van der Waals surface area contributed by atoms with Crippen molar-refractivity contribution in [2.24, 2.45) is 11.8 Å². The summed E-state index contributed by atoms with van der Waals surface area (Å²) in [6.45, 7) is 10.1. The second-order valence-electron chi connectivity index (χ2n) is 6.49. The first-order valence-corrected chi connectivity index (χ1v) is 8.50. The smallest absolute Gasteiger partial charge is 0.168 e. The number of unbranched alkanes of at least 4 members (excludes halogenated alkanes) is 2. The number of ether oxygens (including phenoxy) is 2. The van der Waals surface area contributed by atoms with E-state index in [1.54, 1.807) is 0 Å². The fourth-order valence-corrected chi connectivity index (χ4v) is 3.21. The molecule has 120 valence electrons. The van der Waals surface area contributed by atoms with Gasteiger partial charge in [-0.05, 0) is 31.1 Å². The number of hydrogen-bond acceptors (Lipinski definition) is 3. The van der Waals surface area contributed by atoms with Crippen LogP contribution in [-0.4, -0.2) is 30.2 Å². The summed E-state index contributed by atoms with van der Waals surface area (Å²) >= 11 is 0. The van der Waals surface area contributed by atoms with Gasteiger partial charge in [0.25, 0.3) is 0 Å². The standard InChI is InChI=1S/C17H34O3/c1-5-7-8-10-17(19-12-13-20-17)11-9-15(14(3)4)16(18)6-2/h14-16,18H,5-13H2,1-4H3/t15-,16-/m1/s1. The van der Waals surface area contributed by atoms with Gasteiger partial charge in [-0.3, -0.25) is 0 Å². The predicted molar refractivity (Wildman–Crippen MR) is 82.6 cm³/mol. The van der Waals surface area contributed by atoms with E-state index >= 15 is 0 Å². The summed E-state index contributed by atoms with van der Waals surface area (Å²) in [5.74, 6) is 0.477. The van der Waals surface area contributed by atoms with Gasteiger partial charge in [0.05, 0.1) is 19.3 Å². The fourth-order valence-electron chi connectivity index (χ4n) is 3.21. The van der Waals surface area contributed by atoms with Gasteiger partial charge < -0.3 is 14.6 Å². The molecule has 0 saturated carbocycles. The molecule has 20 heavy (non-hydrogen) atoms. The lowest BCUT2D eigenvalue weighted by Crippen LogP contribution is -2.33. The Labute approximate surface area is 125 Å². The first-order valence-electron chi connectivity index (χ1n) is 8.50. The van der Waals surface area contributed by atoms with E-state index in [4.69, 9.17) is 9.47 Å². The van der Waals surface area contributed by atoms with Crippen molar-refractivity contribution >= 4 is 0 Å². The Hall–Kier alpha value is -0.120. The van der Waals surface area contributed by atoms with Gasteiger partial charge in [-0.15, -0.1) is 0 Å². The molecule has 0 unspecified atom stereocenters. The van der Waals surface area contributed by atoms with Gasteiger partial charge in [0.2, 0.25) is 0 Å². The molecule has 0 aromatic rings. The zero-order valence-corrected chi connectivity index (χ0v) is 13.9. The number of hydrogen-bond donors (Lipinski definition) is 1. The first kappa shape index (κ1) is 17.9. The lowest BCUT2D eigenvalue weighted by molar-refractivity contribution is -0.172. The summed E-state index contributed by atoms with van der Waals surface area (Å²) in [6.07, 6.45) is 7.14. The predicted octanol–water partition coefficient (Wildman–Crippen LogP) is 4.13. The second-order valence-corrected chi connectivity index (χ2v) is 6.49. The molecule has 1 fully saturated rings. The van der Waals surface area contributed by atoms with Gasteiger partial charge in [-0.2, -0.15) is 0 Å². The van der Waals surface area contributed by atoms with Gasteiger partial charge in [0.15, 0.2) is 5.79 Å². The molecule has 1 N–H and O–H groups in total. The van der Waals surface area contributed by atoms with Crippen LogP contribution in [0.15, 0.2) is 0 Å². The summed E-state index contributed by atoms with van der Waals surface area (Å²) in [5, 5.41) is 10.2. The highest BCUT2D eigenvalue weighted by molar-refractivity contribution is 4.79. The Balaban J connectivity index is 2.52. The van der Waals surface area contributed by atoms with Crippen LogP contribution in [-0.2, 0) is 9.47 Å². The third kappa shape index (κ3) is 5.34. The van der Waals surface area contributed by atoms with Crippen LogP contribution < -0.4 is 0 Å². The van der Waals surface area contributed by atoms with Gasteiger partial charge in [-0.25, -0.2) is 0 Å². The molecule has 1 rings (SSSR count). The molecule has 1 aliphatic heterocycles. The molecule has 1 saturated heterocycles. The molecule has 0 spiro atoms. The van der Waals surface area contributed by atoms with Crippen molar-refractivity contribution in [3.63, 3.8) is 0 Å². The Morgan fingerprint density at radius 3 is 2.20 bits per heavy atom. The highest BCUT2D eigenvalue weighted by atomic mass is 16.7. The molecule has 3 heteroatoms. The largest absolute Gasteiger partial charge is 0.393 e. The highest BCUT2D eigenvalue weighted by Crippen LogP contribution is 2.34. The van der Waals surface area contributed by atoms with E-state index in [0.29, 0.717) is 11.8 Å². The maximum Gasteiger partial charge on any atom is 0.168 e. The van der Waals surface area contributed by atoms with Crippen LogP contribution in [0.3, 0.4) is 0 Å². The number of aliphatic hydroxyl groups excluding tert-OH is 1. The van der Waals surface area contributed by atoms with Crippen LogP contribution in [0.4, 0.5) is 0 Å². The van der Waals surface area contributed by atoms with Crippen LogP contribution in [0.5, 0.6) is 0 Å². The van der Waals surface area contributed by atoms with E-state index in [-0.39, 0.29) is 11.9 Å². The molecule has 0 amide bonds. The lowest BCUT2D eigenvalue weighted by atomic mass is 9.83. The Morgan fingerprint density at radius 2 is 1.70 bits per heavy atom. The van der Waals surface area contributed by atoms with Crippen LogP contribution >= 0.6 is 0 Å². The van der Waals surface area contributed by atoms with Crippen molar-refractivity contribution in [1.82, 2.24) is 0 Å². The molecule has 0 aromatic carbocycles. The van der Waals surface area contributed by atoms with Crippen molar-refractivity contribution in [2.75, 3.05) is 13.2 Å². The van der Waals surface area contributed by atoms with Gasteiger partial charge in [0, 0.05) is 12.8 Å². The van der Waals surface area contributed by atoms with E-state index in [2.05, 4.69) is 27.7 Å². The van der Waals surface area contributed by atoms with Crippen LogP contribution in [0.1, 0.15) is 72.6 Å². The zero-order chi connectivity index (χ0) is 15.0. The zero-order valence-electron chi connectivity index (χ0n) is 13.9. The molecule has 2 atom stereocenters. The molecule has 3 nitrogen and oxygen atoms in total. The minimum Gasteiger partial charge on any atom is -0.393 e. The normalized spacial score (nSPS) is 21.3. The summed E-state index contributed by atoms with van der Waals surface area (Å²) in [7, 11) is 0. The summed E-state index contributed by atoms with van der Waals surface area (Å²) in [5.41, 5.74) is 0. The average Bonchev–Trinajstić information content (AvgIpc) is 2.87. The van der Waals surface area contributed by atoms with Crippen LogP contribution in [0.2, 0.25) is 0 Å². The Morgan fingerprint density at radius 1 is 1.05 bits per heavy atom. The maximum absolute atomic E-state index is 10.2. The number of aliphatic hydroxyl groups is 1. The van der Waals surface area contributed by atoms with Crippen molar-refractivity contribution in [1.29, 1.82) is 0 Å². The average molecular weight is 286 g/mol. The van der Waals surface area contributed by atoms with Crippen molar-refractivity contribution in [2.45, 2.75) is 84.5 Å². The minimum atomic E-state index is -0.365. The second kappa shape index (κ2) is 9.01. The quantitative estimate of drug-likeness (QED) is 0.614. The summed E-state index contributed by atoms with van der Waals surface area (Å²) in [6, 6.07) is 0. The van der Waals surface area contributed by atoms with Crippen molar-refractivity contribution < 1.29 is 14.6 Å². The third-order valence-corrected chi connectivity index (χ3v) is 4.60. The lowest BCUT2D eigenvalue weighted by Gasteiger charge is -2.32. The minimum absolute atomic E-state index is 0.205. The van der Waals surface area contributed by atoms with E-state index in [0.717, 1.165) is 38.9 Å². The maximum atomic E-state index is 10.2. The Bertz CT molecular complexity index is 247.